The first-order chi connectivity index (χ1) is 8.60. The standard InChI is InChI=1S/C13H11ClO4/c1-17-12-4-2-8(6-10(12)14)11-5-3-9(18-11)7-13(15)16/h2-6H,7H2,1H3,(H,15,16). The summed E-state index contributed by atoms with van der Waals surface area (Å²) in [5, 5.41) is 9.14. The number of aliphatic carboxylic acids is 1. The van der Waals surface area contributed by atoms with Gasteiger partial charge in [-0.15, -0.1) is 0 Å². The third-order valence-electron chi connectivity index (χ3n) is 2.42. The average molecular weight is 267 g/mol. The Morgan fingerprint density at radius 3 is 2.78 bits per heavy atom. The van der Waals surface area contributed by atoms with E-state index in [1.807, 2.05) is 0 Å². The number of benzene rings is 1. The van der Waals surface area contributed by atoms with Crippen molar-refractivity contribution in [2.24, 2.45) is 0 Å². The molecule has 0 amide bonds. The van der Waals surface area contributed by atoms with Gasteiger partial charge >= 0.3 is 5.97 Å². The van der Waals surface area contributed by atoms with Crippen LogP contribution in [0.3, 0.4) is 0 Å². The Kier molecular flexibility index (Phi) is 3.58. The molecular weight excluding hydrogens is 256 g/mol. The van der Waals surface area contributed by atoms with Crippen LogP contribution in [0.25, 0.3) is 11.3 Å². The number of halogens is 1. The summed E-state index contributed by atoms with van der Waals surface area (Å²) >= 11 is 6.01. The molecule has 0 radical (unpaired) electrons. The molecule has 4 nitrogen and oxygen atoms in total. The lowest BCUT2D eigenvalue weighted by atomic mass is 10.1. The van der Waals surface area contributed by atoms with Crippen LogP contribution in [0.1, 0.15) is 5.76 Å². The van der Waals surface area contributed by atoms with E-state index in [1.54, 1.807) is 37.4 Å². The highest BCUT2D eigenvalue weighted by Gasteiger charge is 2.09. The highest BCUT2D eigenvalue weighted by molar-refractivity contribution is 6.32. The minimum absolute atomic E-state index is 0.135. The lowest BCUT2D eigenvalue weighted by molar-refractivity contribution is -0.136. The number of ether oxygens (including phenoxy) is 1. The highest BCUT2D eigenvalue weighted by atomic mass is 35.5. The van der Waals surface area contributed by atoms with E-state index >= 15 is 0 Å². The van der Waals surface area contributed by atoms with Crippen molar-refractivity contribution in [1.29, 1.82) is 0 Å². The predicted octanol–water partition coefficient (Wildman–Crippen LogP) is 3.24. The summed E-state index contributed by atoms with van der Waals surface area (Å²) in [6.45, 7) is 0. The Hall–Kier alpha value is -1.94. The largest absolute Gasteiger partial charge is 0.495 e. The minimum Gasteiger partial charge on any atom is -0.495 e. The van der Waals surface area contributed by atoms with Gasteiger partial charge in [0.25, 0.3) is 0 Å². The van der Waals surface area contributed by atoms with Crippen LogP contribution < -0.4 is 4.74 Å². The van der Waals surface area contributed by atoms with E-state index in [2.05, 4.69) is 0 Å². The molecule has 1 aromatic heterocycles. The van der Waals surface area contributed by atoms with E-state index in [0.717, 1.165) is 5.56 Å². The zero-order valence-electron chi connectivity index (χ0n) is 9.64. The molecule has 0 unspecified atom stereocenters. The molecule has 2 rings (SSSR count). The van der Waals surface area contributed by atoms with Crippen LogP contribution in [0.15, 0.2) is 34.7 Å². The number of rotatable bonds is 4. The number of hydrogen-bond acceptors (Lipinski definition) is 3. The van der Waals surface area contributed by atoms with E-state index < -0.39 is 5.97 Å². The summed E-state index contributed by atoms with van der Waals surface area (Å²) < 4.78 is 10.5. The first kappa shape index (κ1) is 12.5. The van der Waals surface area contributed by atoms with Crippen LogP contribution >= 0.6 is 11.6 Å². The molecule has 94 valence electrons. The van der Waals surface area contributed by atoms with Crippen molar-refractivity contribution >= 4 is 17.6 Å². The smallest absolute Gasteiger partial charge is 0.311 e. The number of carboxylic acids is 1. The van der Waals surface area contributed by atoms with Crippen molar-refractivity contribution in [3.63, 3.8) is 0 Å². The molecule has 2 aromatic rings. The number of carboxylic acid groups (broad SMARTS) is 1. The van der Waals surface area contributed by atoms with Crippen LogP contribution in [-0.4, -0.2) is 18.2 Å². The minimum atomic E-state index is -0.927. The number of hydrogen-bond donors (Lipinski definition) is 1. The number of methoxy groups -OCH3 is 1. The molecule has 0 saturated carbocycles. The third-order valence-corrected chi connectivity index (χ3v) is 2.72. The summed E-state index contributed by atoms with van der Waals surface area (Å²) in [6.07, 6.45) is -0.135. The fraction of sp³-hybridized carbons (Fsp3) is 0.154. The molecule has 0 bridgehead atoms. The lowest BCUT2D eigenvalue weighted by Gasteiger charge is -2.04. The number of furan rings is 1. The van der Waals surface area contributed by atoms with E-state index in [4.69, 9.17) is 25.9 Å². The van der Waals surface area contributed by atoms with Crippen LogP contribution in [-0.2, 0) is 11.2 Å². The Bertz CT molecular complexity index is 574. The Morgan fingerprint density at radius 1 is 1.39 bits per heavy atom. The van der Waals surface area contributed by atoms with Crippen molar-refractivity contribution in [2.75, 3.05) is 7.11 Å². The summed E-state index contributed by atoms with van der Waals surface area (Å²) in [7, 11) is 1.54. The maximum atomic E-state index is 10.6. The van der Waals surface area contributed by atoms with Gasteiger partial charge in [-0.2, -0.15) is 0 Å². The van der Waals surface area contributed by atoms with Gasteiger partial charge in [0, 0.05) is 5.56 Å². The fourth-order valence-electron chi connectivity index (χ4n) is 1.60. The number of carbonyl (C=O) groups is 1. The molecule has 0 spiro atoms. The normalized spacial score (nSPS) is 10.3. The monoisotopic (exact) mass is 266 g/mol. The lowest BCUT2D eigenvalue weighted by Crippen LogP contribution is -1.97. The van der Waals surface area contributed by atoms with Crippen LogP contribution in [0, 0.1) is 0 Å². The second-order valence-corrected chi connectivity index (χ2v) is 4.09. The quantitative estimate of drug-likeness (QED) is 0.923. The summed E-state index contributed by atoms with van der Waals surface area (Å²) in [4.78, 5) is 10.6. The predicted molar refractivity (Wildman–Crippen MR) is 67.0 cm³/mol. The van der Waals surface area contributed by atoms with Gasteiger partial charge in [0.1, 0.15) is 23.7 Å². The van der Waals surface area contributed by atoms with Gasteiger partial charge < -0.3 is 14.3 Å². The second-order valence-electron chi connectivity index (χ2n) is 3.69. The maximum Gasteiger partial charge on any atom is 0.311 e. The molecule has 0 aliphatic carbocycles. The summed E-state index contributed by atoms with van der Waals surface area (Å²) in [5.74, 6) is 0.640. The molecule has 0 fully saturated rings. The molecule has 1 N–H and O–H groups in total. The molecular formula is C13H11ClO4. The van der Waals surface area contributed by atoms with E-state index in [1.165, 1.54) is 0 Å². The second kappa shape index (κ2) is 5.14. The molecule has 1 heterocycles. The van der Waals surface area contributed by atoms with Gasteiger partial charge in [-0.1, -0.05) is 11.6 Å². The highest BCUT2D eigenvalue weighted by Crippen LogP contribution is 2.31. The van der Waals surface area contributed by atoms with Gasteiger partial charge in [0.05, 0.1) is 12.1 Å². The van der Waals surface area contributed by atoms with Gasteiger partial charge in [-0.3, -0.25) is 4.79 Å². The molecule has 5 heteroatoms. The van der Waals surface area contributed by atoms with E-state index in [0.29, 0.717) is 22.3 Å². The van der Waals surface area contributed by atoms with Crippen molar-refractivity contribution in [3.05, 3.63) is 41.1 Å². The van der Waals surface area contributed by atoms with E-state index in [9.17, 15) is 4.79 Å². The van der Waals surface area contributed by atoms with Crippen LogP contribution in [0.4, 0.5) is 0 Å². The molecule has 0 atom stereocenters. The molecule has 0 saturated heterocycles. The zero-order chi connectivity index (χ0) is 13.1. The van der Waals surface area contributed by atoms with Crippen molar-refractivity contribution in [3.8, 4) is 17.1 Å². The first-order valence-electron chi connectivity index (χ1n) is 5.24. The van der Waals surface area contributed by atoms with Gasteiger partial charge in [-0.25, -0.2) is 0 Å². The van der Waals surface area contributed by atoms with Crippen molar-refractivity contribution < 1.29 is 19.1 Å². The van der Waals surface area contributed by atoms with Crippen LogP contribution in [0.5, 0.6) is 5.75 Å². The van der Waals surface area contributed by atoms with Gasteiger partial charge in [-0.05, 0) is 30.3 Å². The topological polar surface area (TPSA) is 59.7 Å². The third kappa shape index (κ3) is 2.65. The van der Waals surface area contributed by atoms with Gasteiger partial charge in [0.15, 0.2) is 0 Å². The first-order valence-corrected chi connectivity index (χ1v) is 5.62. The van der Waals surface area contributed by atoms with Gasteiger partial charge in [0.2, 0.25) is 0 Å². The summed E-state index contributed by atoms with van der Waals surface area (Å²) in [5.41, 5.74) is 0.775. The SMILES string of the molecule is COc1ccc(-c2ccc(CC(=O)O)o2)cc1Cl. The maximum absolute atomic E-state index is 10.6. The molecule has 0 aliphatic rings. The van der Waals surface area contributed by atoms with Crippen LogP contribution in [0.2, 0.25) is 5.02 Å². The zero-order valence-corrected chi connectivity index (χ0v) is 10.4. The Labute approximate surface area is 109 Å². The van der Waals surface area contributed by atoms with Crippen molar-refractivity contribution in [1.82, 2.24) is 0 Å². The fourth-order valence-corrected chi connectivity index (χ4v) is 1.85. The molecule has 18 heavy (non-hydrogen) atoms. The molecule has 1 aromatic carbocycles. The summed E-state index contributed by atoms with van der Waals surface area (Å²) in [6, 6.07) is 8.60. The average Bonchev–Trinajstić information content (AvgIpc) is 2.76. The Balaban J connectivity index is 2.28. The van der Waals surface area contributed by atoms with Crippen molar-refractivity contribution in [2.45, 2.75) is 6.42 Å². The Morgan fingerprint density at radius 2 is 2.17 bits per heavy atom. The van der Waals surface area contributed by atoms with E-state index in [-0.39, 0.29) is 6.42 Å². The molecule has 0 aliphatic heterocycles.